The van der Waals surface area contributed by atoms with Crippen LogP contribution < -0.4 is 5.73 Å². The normalized spacial score (nSPS) is 10.8. The Balaban J connectivity index is 2.14. The number of aromatic amines is 1. The predicted molar refractivity (Wildman–Crippen MR) is 65.4 cm³/mol. The molecule has 0 amide bonds. The van der Waals surface area contributed by atoms with E-state index in [4.69, 9.17) is 10.8 Å². The summed E-state index contributed by atoms with van der Waals surface area (Å²) in [6, 6.07) is 9.18. The number of nitrogens with one attached hydrogen (secondary N) is 1. The lowest BCUT2D eigenvalue weighted by molar-refractivity contribution is 0.453. The zero-order valence-electron chi connectivity index (χ0n) is 8.88. The molecule has 5 nitrogen and oxygen atoms in total. The van der Waals surface area contributed by atoms with Crippen LogP contribution in [0.25, 0.3) is 22.0 Å². The summed E-state index contributed by atoms with van der Waals surface area (Å²) in [7, 11) is 0. The number of hydrogen-bond donors (Lipinski definition) is 3. The van der Waals surface area contributed by atoms with Crippen molar-refractivity contribution in [1.29, 1.82) is 0 Å². The molecule has 0 aliphatic heterocycles. The third-order valence-electron chi connectivity index (χ3n) is 2.67. The van der Waals surface area contributed by atoms with Crippen molar-refractivity contribution < 1.29 is 5.11 Å². The molecule has 17 heavy (non-hydrogen) atoms. The largest absolute Gasteiger partial charge is 0.493 e. The first kappa shape index (κ1) is 9.65. The molecule has 0 spiro atoms. The number of benzene rings is 1. The molecule has 0 saturated heterocycles. The van der Waals surface area contributed by atoms with Crippen molar-refractivity contribution in [2.24, 2.45) is 0 Å². The fraction of sp³-hybridized carbons (Fsp3) is 0. The average Bonchev–Trinajstić information content (AvgIpc) is 2.72. The van der Waals surface area contributed by atoms with Gasteiger partial charge in [-0.1, -0.05) is 6.07 Å². The Morgan fingerprint density at radius 2 is 1.94 bits per heavy atom. The molecule has 0 unspecified atom stereocenters. The first-order valence-corrected chi connectivity index (χ1v) is 5.13. The van der Waals surface area contributed by atoms with Gasteiger partial charge in [0.2, 0.25) is 5.88 Å². The summed E-state index contributed by atoms with van der Waals surface area (Å²) in [5, 5.41) is 16.8. The van der Waals surface area contributed by atoms with Crippen LogP contribution in [0.4, 0.5) is 5.82 Å². The minimum Gasteiger partial charge on any atom is -0.493 e. The summed E-state index contributed by atoms with van der Waals surface area (Å²) in [5.41, 5.74) is 8.50. The summed E-state index contributed by atoms with van der Waals surface area (Å²) in [6.45, 7) is 0. The molecule has 0 radical (unpaired) electrons. The molecule has 2 heterocycles. The fourth-order valence-corrected chi connectivity index (χ4v) is 1.78. The molecule has 84 valence electrons. The van der Waals surface area contributed by atoms with Crippen molar-refractivity contribution in [3.63, 3.8) is 0 Å². The second kappa shape index (κ2) is 3.48. The summed E-state index contributed by atoms with van der Waals surface area (Å²) in [5.74, 6) is 0.510. The van der Waals surface area contributed by atoms with Crippen molar-refractivity contribution in [3.05, 3.63) is 36.5 Å². The Morgan fingerprint density at radius 1 is 1.12 bits per heavy atom. The van der Waals surface area contributed by atoms with Crippen LogP contribution >= 0.6 is 0 Å². The number of nitrogen functional groups attached to an aromatic ring is 1. The van der Waals surface area contributed by atoms with Gasteiger partial charge in [0.25, 0.3) is 0 Å². The van der Waals surface area contributed by atoms with Gasteiger partial charge < -0.3 is 10.8 Å². The Kier molecular flexibility index (Phi) is 1.98. The molecule has 2 aromatic heterocycles. The van der Waals surface area contributed by atoms with Gasteiger partial charge in [-0.15, -0.1) is 0 Å². The highest BCUT2D eigenvalue weighted by Gasteiger charge is 2.04. The molecular formula is C12H10N4O. The van der Waals surface area contributed by atoms with E-state index in [1.54, 1.807) is 12.3 Å². The summed E-state index contributed by atoms with van der Waals surface area (Å²) < 4.78 is 0. The maximum absolute atomic E-state index is 9.13. The minimum atomic E-state index is 0.0145. The molecular weight excluding hydrogens is 216 g/mol. The van der Waals surface area contributed by atoms with E-state index in [1.165, 1.54) is 0 Å². The second-order valence-electron chi connectivity index (χ2n) is 3.77. The lowest BCUT2D eigenvalue weighted by atomic mass is 10.1. The third-order valence-corrected chi connectivity index (χ3v) is 2.67. The maximum Gasteiger partial charge on any atom is 0.210 e. The van der Waals surface area contributed by atoms with E-state index >= 15 is 0 Å². The van der Waals surface area contributed by atoms with Gasteiger partial charge in [0.05, 0.1) is 5.52 Å². The van der Waals surface area contributed by atoms with Crippen LogP contribution in [-0.4, -0.2) is 20.3 Å². The van der Waals surface area contributed by atoms with Crippen molar-refractivity contribution in [3.8, 4) is 17.0 Å². The topological polar surface area (TPSA) is 87.8 Å². The van der Waals surface area contributed by atoms with Gasteiger partial charge in [0.1, 0.15) is 0 Å². The molecule has 1 aromatic carbocycles. The van der Waals surface area contributed by atoms with Gasteiger partial charge in [-0.05, 0) is 23.8 Å². The number of anilines is 1. The number of H-pyrrole nitrogens is 1. The minimum absolute atomic E-state index is 0.0145. The predicted octanol–water partition coefficient (Wildman–Crippen LogP) is 1.91. The number of nitrogens with zero attached hydrogens (tertiary/aromatic N) is 2. The van der Waals surface area contributed by atoms with Gasteiger partial charge in [-0.2, -0.15) is 5.10 Å². The zero-order chi connectivity index (χ0) is 11.8. The Bertz CT molecular complexity index is 673. The highest BCUT2D eigenvalue weighted by atomic mass is 16.3. The standard InChI is InChI=1S/C12H10N4O/c13-12-9-3-1-7(5-10(9)15-16-12)8-2-4-11(17)14-6-8/h1-6H,(H,14,17)(H3,13,15,16). The number of rotatable bonds is 1. The molecule has 3 aromatic rings. The molecule has 0 saturated carbocycles. The molecule has 0 atom stereocenters. The van der Waals surface area contributed by atoms with Gasteiger partial charge in [-0.25, -0.2) is 4.98 Å². The summed E-state index contributed by atoms with van der Waals surface area (Å²) >= 11 is 0. The van der Waals surface area contributed by atoms with Gasteiger partial charge in [0, 0.05) is 23.2 Å². The molecule has 3 rings (SSSR count). The summed E-state index contributed by atoms with van der Waals surface area (Å²) in [6.07, 6.45) is 1.62. The van der Waals surface area contributed by atoms with Gasteiger partial charge in [-0.3, -0.25) is 5.10 Å². The SMILES string of the molecule is Nc1n[nH]c2cc(-c3ccc(O)nc3)ccc12. The lowest BCUT2D eigenvalue weighted by Crippen LogP contribution is -1.83. The van der Waals surface area contributed by atoms with E-state index < -0.39 is 0 Å². The van der Waals surface area contributed by atoms with Gasteiger partial charge in [0.15, 0.2) is 5.82 Å². The quantitative estimate of drug-likeness (QED) is 0.591. The van der Waals surface area contributed by atoms with E-state index in [0.29, 0.717) is 5.82 Å². The Hall–Kier alpha value is -2.56. The zero-order valence-corrected chi connectivity index (χ0v) is 8.88. The molecule has 4 N–H and O–H groups in total. The smallest absolute Gasteiger partial charge is 0.210 e. The van der Waals surface area contributed by atoms with Crippen molar-refractivity contribution in [2.75, 3.05) is 5.73 Å². The number of nitrogens with two attached hydrogens (primary N) is 1. The van der Waals surface area contributed by atoms with Crippen LogP contribution in [0, 0.1) is 0 Å². The monoisotopic (exact) mass is 226 g/mol. The third kappa shape index (κ3) is 1.57. The van der Waals surface area contributed by atoms with Crippen LogP contribution in [0.2, 0.25) is 0 Å². The van der Waals surface area contributed by atoms with E-state index in [2.05, 4.69) is 15.2 Å². The first-order valence-electron chi connectivity index (χ1n) is 5.13. The molecule has 0 aliphatic rings. The molecule has 0 bridgehead atoms. The fourth-order valence-electron chi connectivity index (χ4n) is 1.78. The number of aromatic hydroxyl groups is 1. The highest BCUT2D eigenvalue weighted by Crippen LogP contribution is 2.25. The number of pyridine rings is 1. The molecule has 0 fully saturated rings. The van der Waals surface area contributed by atoms with Crippen LogP contribution in [0.1, 0.15) is 0 Å². The van der Waals surface area contributed by atoms with E-state index in [9.17, 15) is 0 Å². The Morgan fingerprint density at radius 3 is 2.71 bits per heavy atom. The average molecular weight is 226 g/mol. The number of aromatic nitrogens is 3. The van der Waals surface area contributed by atoms with E-state index in [-0.39, 0.29) is 5.88 Å². The van der Waals surface area contributed by atoms with Gasteiger partial charge >= 0.3 is 0 Å². The number of fused-ring (bicyclic) bond motifs is 1. The maximum atomic E-state index is 9.13. The second-order valence-corrected chi connectivity index (χ2v) is 3.77. The highest BCUT2D eigenvalue weighted by molar-refractivity contribution is 5.91. The number of hydrogen-bond acceptors (Lipinski definition) is 4. The van der Waals surface area contributed by atoms with Crippen molar-refractivity contribution in [1.82, 2.24) is 15.2 Å². The molecule has 5 heteroatoms. The van der Waals surface area contributed by atoms with E-state index in [1.807, 2.05) is 24.3 Å². The van der Waals surface area contributed by atoms with Crippen LogP contribution in [0.3, 0.4) is 0 Å². The Labute approximate surface area is 96.9 Å². The summed E-state index contributed by atoms with van der Waals surface area (Å²) in [4.78, 5) is 3.85. The lowest BCUT2D eigenvalue weighted by Gasteiger charge is -2.01. The van der Waals surface area contributed by atoms with Crippen molar-refractivity contribution in [2.45, 2.75) is 0 Å². The van der Waals surface area contributed by atoms with Crippen LogP contribution in [-0.2, 0) is 0 Å². The van der Waals surface area contributed by atoms with Crippen molar-refractivity contribution >= 4 is 16.7 Å². The van der Waals surface area contributed by atoms with E-state index in [0.717, 1.165) is 22.0 Å². The first-order chi connectivity index (χ1) is 8.24. The molecule has 0 aliphatic carbocycles. The van der Waals surface area contributed by atoms with Crippen LogP contribution in [0.5, 0.6) is 5.88 Å². The van der Waals surface area contributed by atoms with Crippen LogP contribution in [0.15, 0.2) is 36.5 Å².